The molecule has 7 nitrogen and oxygen atoms in total. The lowest BCUT2D eigenvalue weighted by atomic mass is 10.2. The molecule has 0 bridgehead atoms. The Hall–Kier alpha value is -2.35. The number of aromatic nitrogens is 1. The summed E-state index contributed by atoms with van der Waals surface area (Å²) in [5.74, 6) is 0.0942. The van der Waals surface area contributed by atoms with Gasteiger partial charge in [-0.3, -0.25) is 9.10 Å². The molecule has 8 heteroatoms. The monoisotopic (exact) mass is 335 g/mol. The third kappa shape index (κ3) is 3.37. The number of aryl methyl sites for hydroxylation is 2. The van der Waals surface area contributed by atoms with Gasteiger partial charge in [-0.2, -0.15) is 8.42 Å². The minimum absolute atomic E-state index is 0.0285. The summed E-state index contributed by atoms with van der Waals surface area (Å²) in [6.07, 6.45) is 0.999. The molecule has 0 unspecified atom stereocenters. The molecule has 1 aliphatic rings. The van der Waals surface area contributed by atoms with Crippen LogP contribution in [-0.4, -0.2) is 26.0 Å². The number of hydrogen-bond acceptors (Lipinski definition) is 5. The van der Waals surface area contributed by atoms with Crippen LogP contribution >= 0.6 is 0 Å². The molecule has 23 heavy (non-hydrogen) atoms. The number of amides is 1. The van der Waals surface area contributed by atoms with Crippen LogP contribution in [0.3, 0.4) is 0 Å². The summed E-state index contributed by atoms with van der Waals surface area (Å²) in [6, 6.07) is 9.00. The van der Waals surface area contributed by atoms with E-state index in [1.165, 1.54) is 4.31 Å². The fraction of sp³-hybridized carbons (Fsp3) is 0.333. The number of carbonyl (C=O) groups excluding carboxylic acids is 1. The van der Waals surface area contributed by atoms with Crippen molar-refractivity contribution in [1.29, 1.82) is 0 Å². The molecule has 2 heterocycles. The molecule has 1 aliphatic heterocycles. The Balaban J connectivity index is 1.64. The van der Waals surface area contributed by atoms with E-state index >= 15 is 0 Å². The Morgan fingerprint density at radius 2 is 2.17 bits per heavy atom. The van der Waals surface area contributed by atoms with Gasteiger partial charge in [0, 0.05) is 25.5 Å². The molecule has 0 aliphatic carbocycles. The molecule has 3 rings (SSSR count). The lowest BCUT2D eigenvalue weighted by molar-refractivity contribution is -0.119. The number of benzene rings is 1. The zero-order chi connectivity index (χ0) is 16.4. The van der Waals surface area contributed by atoms with Gasteiger partial charge in [-0.25, -0.2) is 4.72 Å². The standard InChI is InChI=1S/C15H17N3O4S/c1-11-10-13(16-22-11)6-7-15(19)17-23(20,21)18-9-8-12-4-2-3-5-14(12)18/h2-5,10H,6-9H2,1H3,(H,17,19). The van der Waals surface area contributed by atoms with Crippen molar-refractivity contribution < 1.29 is 17.7 Å². The van der Waals surface area contributed by atoms with Crippen LogP contribution in [0.5, 0.6) is 0 Å². The Bertz CT molecular complexity index is 829. The van der Waals surface area contributed by atoms with Crippen LogP contribution in [0.15, 0.2) is 34.9 Å². The molecule has 2 aromatic rings. The molecule has 0 saturated carbocycles. The summed E-state index contributed by atoms with van der Waals surface area (Å²) in [4.78, 5) is 11.9. The SMILES string of the molecule is Cc1cc(CCC(=O)NS(=O)(=O)N2CCc3ccccc32)no1. The average Bonchev–Trinajstić information content (AvgIpc) is 3.11. The van der Waals surface area contributed by atoms with Crippen molar-refractivity contribution in [2.45, 2.75) is 26.2 Å². The number of para-hydroxylation sites is 1. The highest BCUT2D eigenvalue weighted by Crippen LogP contribution is 2.29. The summed E-state index contributed by atoms with van der Waals surface area (Å²) >= 11 is 0. The molecule has 0 radical (unpaired) electrons. The molecule has 0 atom stereocenters. The quantitative estimate of drug-likeness (QED) is 0.890. The summed E-state index contributed by atoms with van der Waals surface area (Å²) in [6.45, 7) is 2.09. The molecular weight excluding hydrogens is 318 g/mol. The highest BCUT2D eigenvalue weighted by Gasteiger charge is 2.30. The van der Waals surface area contributed by atoms with Crippen LogP contribution in [0.1, 0.15) is 23.4 Å². The normalized spacial score (nSPS) is 13.9. The van der Waals surface area contributed by atoms with Crippen LogP contribution in [0.2, 0.25) is 0 Å². The summed E-state index contributed by atoms with van der Waals surface area (Å²) in [5, 5.41) is 3.78. The van der Waals surface area contributed by atoms with Gasteiger partial charge in [0.25, 0.3) is 0 Å². The zero-order valence-corrected chi connectivity index (χ0v) is 13.5. The van der Waals surface area contributed by atoms with E-state index in [9.17, 15) is 13.2 Å². The van der Waals surface area contributed by atoms with E-state index < -0.39 is 16.1 Å². The van der Waals surface area contributed by atoms with Crippen molar-refractivity contribution in [3.05, 3.63) is 47.3 Å². The van der Waals surface area contributed by atoms with E-state index in [1.54, 1.807) is 25.1 Å². The Morgan fingerprint density at radius 3 is 2.91 bits per heavy atom. The Labute approximate surface area is 134 Å². The molecule has 1 aromatic carbocycles. The summed E-state index contributed by atoms with van der Waals surface area (Å²) < 4.78 is 33.0. The number of anilines is 1. The van der Waals surface area contributed by atoms with E-state index in [4.69, 9.17) is 4.52 Å². The lowest BCUT2D eigenvalue weighted by Gasteiger charge is -2.19. The minimum atomic E-state index is -3.88. The van der Waals surface area contributed by atoms with Gasteiger partial charge < -0.3 is 4.52 Å². The average molecular weight is 335 g/mol. The second-order valence-electron chi connectivity index (χ2n) is 5.41. The molecule has 1 amide bonds. The van der Waals surface area contributed by atoms with Crippen molar-refractivity contribution in [3.8, 4) is 0 Å². The number of nitrogens with zero attached hydrogens (tertiary/aromatic N) is 2. The predicted molar refractivity (Wildman–Crippen MR) is 84.1 cm³/mol. The summed E-state index contributed by atoms with van der Waals surface area (Å²) in [7, 11) is -3.88. The molecule has 0 saturated heterocycles. The topological polar surface area (TPSA) is 92.5 Å². The van der Waals surface area contributed by atoms with Gasteiger partial charge >= 0.3 is 10.2 Å². The van der Waals surface area contributed by atoms with Gasteiger partial charge in [-0.15, -0.1) is 0 Å². The maximum absolute atomic E-state index is 12.4. The maximum Gasteiger partial charge on any atom is 0.326 e. The van der Waals surface area contributed by atoms with E-state index in [0.717, 1.165) is 5.56 Å². The van der Waals surface area contributed by atoms with Gasteiger partial charge in [0.2, 0.25) is 5.91 Å². The number of hydrogen-bond donors (Lipinski definition) is 1. The largest absolute Gasteiger partial charge is 0.361 e. The molecule has 1 aromatic heterocycles. The van der Waals surface area contributed by atoms with Crippen molar-refractivity contribution in [3.63, 3.8) is 0 Å². The first-order valence-corrected chi connectivity index (χ1v) is 8.73. The van der Waals surface area contributed by atoms with Gasteiger partial charge in [-0.1, -0.05) is 23.4 Å². The number of fused-ring (bicyclic) bond motifs is 1. The number of nitrogens with one attached hydrogen (secondary N) is 1. The number of rotatable bonds is 5. The van der Waals surface area contributed by atoms with Gasteiger partial charge in [0.1, 0.15) is 5.76 Å². The Kier molecular flexibility index (Phi) is 4.08. The molecule has 122 valence electrons. The van der Waals surface area contributed by atoms with Crippen molar-refractivity contribution in [2.24, 2.45) is 0 Å². The van der Waals surface area contributed by atoms with Crippen LogP contribution in [0, 0.1) is 6.92 Å². The first kappa shape index (κ1) is 15.5. The van der Waals surface area contributed by atoms with E-state index in [1.807, 2.05) is 12.1 Å². The van der Waals surface area contributed by atoms with Crippen molar-refractivity contribution in [1.82, 2.24) is 9.88 Å². The maximum atomic E-state index is 12.4. The van der Waals surface area contributed by atoms with Crippen molar-refractivity contribution >= 4 is 21.8 Å². The van der Waals surface area contributed by atoms with E-state index in [-0.39, 0.29) is 6.42 Å². The second kappa shape index (κ2) is 6.04. The Morgan fingerprint density at radius 1 is 1.39 bits per heavy atom. The second-order valence-corrected chi connectivity index (χ2v) is 7.01. The predicted octanol–water partition coefficient (Wildman–Crippen LogP) is 1.34. The van der Waals surface area contributed by atoms with Crippen LogP contribution < -0.4 is 9.03 Å². The molecule has 1 N–H and O–H groups in total. The van der Waals surface area contributed by atoms with Gasteiger partial charge in [-0.05, 0) is 25.0 Å². The highest BCUT2D eigenvalue weighted by atomic mass is 32.2. The van der Waals surface area contributed by atoms with Crippen LogP contribution in [0.4, 0.5) is 5.69 Å². The van der Waals surface area contributed by atoms with Crippen LogP contribution in [-0.2, 0) is 27.8 Å². The van der Waals surface area contributed by atoms with Crippen LogP contribution in [0.25, 0.3) is 0 Å². The molecule has 0 fully saturated rings. The number of carbonyl (C=O) groups is 1. The first-order valence-electron chi connectivity index (χ1n) is 7.29. The van der Waals surface area contributed by atoms with E-state index in [0.29, 0.717) is 36.5 Å². The van der Waals surface area contributed by atoms with Crippen molar-refractivity contribution in [2.75, 3.05) is 10.8 Å². The van der Waals surface area contributed by atoms with Gasteiger partial charge in [0.05, 0.1) is 11.4 Å². The van der Waals surface area contributed by atoms with E-state index in [2.05, 4.69) is 9.88 Å². The first-order chi connectivity index (χ1) is 11.0. The third-order valence-electron chi connectivity index (χ3n) is 3.66. The molecular formula is C15H17N3O4S. The third-order valence-corrected chi connectivity index (χ3v) is 5.11. The minimum Gasteiger partial charge on any atom is -0.361 e. The summed E-state index contributed by atoms with van der Waals surface area (Å²) in [5.41, 5.74) is 2.21. The highest BCUT2D eigenvalue weighted by molar-refractivity contribution is 7.91. The molecule has 0 spiro atoms. The smallest absolute Gasteiger partial charge is 0.326 e. The fourth-order valence-electron chi connectivity index (χ4n) is 2.58. The van der Waals surface area contributed by atoms with Gasteiger partial charge in [0.15, 0.2) is 0 Å². The fourth-order valence-corrected chi connectivity index (χ4v) is 3.85. The lowest BCUT2D eigenvalue weighted by Crippen LogP contribution is -2.42. The zero-order valence-electron chi connectivity index (χ0n) is 12.7.